The van der Waals surface area contributed by atoms with Gasteiger partial charge in [0, 0.05) is 8.07 Å². The van der Waals surface area contributed by atoms with Crippen molar-refractivity contribution < 1.29 is 38.1 Å². The van der Waals surface area contributed by atoms with E-state index in [-0.39, 0.29) is 74.2 Å². The number of nitro benzene ring substituents is 1. The Kier molecular flexibility index (Phi) is 10.8. The Labute approximate surface area is 290 Å². The fraction of sp³-hybridized carbons (Fsp3) is 0.639. The normalized spacial score (nSPS) is 31.8. The Bertz CT molecular complexity index is 1440. The molecule has 2 aromatic carbocycles. The van der Waals surface area contributed by atoms with E-state index in [1.807, 2.05) is 44.2 Å². The van der Waals surface area contributed by atoms with Crippen LogP contribution in [0.2, 0.25) is 31.0 Å². The van der Waals surface area contributed by atoms with Crippen LogP contribution in [-0.4, -0.2) is 84.1 Å². The maximum atomic E-state index is 13.9. The van der Waals surface area contributed by atoms with Crippen LogP contribution in [0.1, 0.15) is 32.3 Å². The van der Waals surface area contributed by atoms with E-state index >= 15 is 0 Å². The summed E-state index contributed by atoms with van der Waals surface area (Å²) in [5.41, 5.74) is 0.346. The van der Waals surface area contributed by atoms with Crippen LogP contribution < -0.4 is 4.46 Å². The van der Waals surface area contributed by atoms with Crippen molar-refractivity contribution in [1.82, 2.24) is 0 Å². The molecule has 48 heavy (non-hydrogen) atoms. The fourth-order valence-electron chi connectivity index (χ4n) is 8.45. The Balaban J connectivity index is 1.24. The molecule has 3 saturated carbocycles. The summed E-state index contributed by atoms with van der Waals surface area (Å²) in [6, 6.07) is 18.1. The SMILES string of the molecule is CC1(C)O[C@@H]2[C@H]3C[C@H]4OC(=O)[C@H](CC[Se]c5ccccc5[N+](=O)[O-])[C@]2(O1)[C@H]4[C@@H](COCc1ccccc1)[C@@H]3COCOCC[Si](C)(C)C. The van der Waals surface area contributed by atoms with E-state index in [1.165, 1.54) is 0 Å². The molecule has 1 spiro atoms. The van der Waals surface area contributed by atoms with Crippen LogP contribution in [0.15, 0.2) is 54.6 Å². The Morgan fingerprint density at radius 2 is 1.73 bits per heavy atom. The molecular weight excluding hydrogens is 697 g/mol. The monoisotopic (exact) mass is 747 g/mol. The summed E-state index contributed by atoms with van der Waals surface area (Å²) >= 11 is -0.209. The zero-order valence-electron chi connectivity index (χ0n) is 28.6. The molecule has 0 amide bonds. The number of fused-ring (bicyclic) bond motifs is 1. The second kappa shape index (κ2) is 14.6. The topological polar surface area (TPSA) is 116 Å². The first-order chi connectivity index (χ1) is 22.9. The van der Waals surface area contributed by atoms with Gasteiger partial charge in [0.05, 0.1) is 0 Å². The molecule has 2 saturated heterocycles. The molecule has 3 aliphatic carbocycles. The maximum absolute atomic E-state index is 13.9. The number of nitrogens with zero attached hydrogens (tertiary/aromatic N) is 1. The summed E-state index contributed by atoms with van der Waals surface area (Å²) in [5.74, 6) is -1.70. The van der Waals surface area contributed by atoms with E-state index < -0.39 is 25.4 Å². The zero-order valence-corrected chi connectivity index (χ0v) is 31.3. The summed E-state index contributed by atoms with van der Waals surface area (Å²) in [5, 5.41) is 12.3. The summed E-state index contributed by atoms with van der Waals surface area (Å²) in [4.78, 5) is 25.2. The number of carbonyl (C=O) groups excluding carboxylic acids is 1. The second-order valence-corrected chi connectivity index (χ2v) is 23.3. The van der Waals surface area contributed by atoms with Crippen molar-refractivity contribution in [2.75, 3.05) is 26.6 Å². The minimum Gasteiger partial charge on any atom is -0.0695 e. The van der Waals surface area contributed by atoms with Gasteiger partial charge >= 0.3 is 252 Å². The van der Waals surface area contributed by atoms with Crippen molar-refractivity contribution in [3.8, 4) is 0 Å². The van der Waals surface area contributed by atoms with Gasteiger partial charge in [-0.25, -0.2) is 0 Å². The molecule has 8 atom stereocenters. The fourth-order valence-corrected chi connectivity index (χ4v) is 11.4. The molecule has 0 N–H and O–H groups in total. The quantitative estimate of drug-likeness (QED) is 0.0542. The number of carbonyl (C=O) groups is 1. The average Bonchev–Trinajstić information content (AvgIpc) is 3.33. The first kappa shape index (κ1) is 35.7. The molecule has 5 aliphatic rings. The van der Waals surface area contributed by atoms with E-state index in [4.69, 9.17) is 28.4 Å². The van der Waals surface area contributed by atoms with E-state index in [0.717, 1.165) is 16.1 Å². The summed E-state index contributed by atoms with van der Waals surface area (Å²) in [7, 11) is -1.20. The molecule has 10 nitrogen and oxygen atoms in total. The third kappa shape index (κ3) is 7.46. The number of ether oxygens (including phenoxy) is 6. The van der Waals surface area contributed by atoms with Crippen LogP contribution in [0.25, 0.3) is 0 Å². The average molecular weight is 747 g/mol. The van der Waals surface area contributed by atoms with Crippen LogP contribution in [-0.2, 0) is 39.8 Å². The molecule has 0 radical (unpaired) electrons. The van der Waals surface area contributed by atoms with Crippen LogP contribution in [0.4, 0.5) is 5.69 Å². The first-order valence-electron chi connectivity index (χ1n) is 17.1. The minimum atomic E-state index is -1.20. The number of nitro groups is 1. The second-order valence-electron chi connectivity index (χ2n) is 15.2. The Hall–Kier alpha value is -2.15. The van der Waals surface area contributed by atoms with Crippen LogP contribution in [0, 0.1) is 39.7 Å². The van der Waals surface area contributed by atoms with Gasteiger partial charge in [-0.1, -0.05) is 25.7 Å². The predicted octanol–water partition coefficient (Wildman–Crippen LogP) is 5.59. The molecule has 2 aliphatic heterocycles. The summed E-state index contributed by atoms with van der Waals surface area (Å²) in [6.07, 6.45) is 0.578. The molecule has 5 fully saturated rings. The molecule has 4 bridgehead atoms. The van der Waals surface area contributed by atoms with Crippen molar-refractivity contribution in [2.24, 2.45) is 29.6 Å². The third-order valence-electron chi connectivity index (χ3n) is 10.4. The Morgan fingerprint density at radius 1 is 1.00 bits per heavy atom. The van der Waals surface area contributed by atoms with E-state index in [0.29, 0.717) is 44.6 Å². The van der Waals surface area contributed by atoms with Crippen LogP contribution >= 0.6 is 0 Å². The van der Waals surface area contributed by atoms with Crippen molar-refractivity contribution in [2.45, 2.75) is 87.9 Å². The molecule has 0 aromatic heterocycles. The van der Waals surface area contributed by atoms with Crippen LogP contribution in [0.5, 0.6) is 0 Å². The van der Waals surface area contributed by atoms with Crippen molar-refractivity contribution in [3.05, 3.63) is 70.3 Å². The Morgan fingerprint density at radius 3 is 2.48 bits per heavy atom. The molecule has 262 valence electrons. The van der Waals surface area contributed by atoms with E-state index in [1.54, 1.807) is 12.1 Å². The summed E-state index contributed by atoms with van der Waals surface area (Å²) < 4.78 is 39.3. The van der Waals surface area contributed by atoms with Gasteiger partial charge < -0.3 is 0 Å². The van der Waals surface area contributed by atoms with Gasteiger partial charge in [0.1, 0.15) is 0 Å². The van der Waals surface area contributed by atoms with Crippen LogP contribution in [0.3, 0.4) is 0 Å². The standard InChI is InChI=1S/C36H49NO9SeSi/c1-35(2)45-33-25-19-30-32(36(33,46-35)28(34(38)44-30)15-17-47-31-14-10-9-13-29(31)37(39)40)27(22-42-20-24-11-7-6-8-12-24)26(25)21-43-23-41-16-18-48(3,4)5/h6-14,25-28,30,32-33H,15-23H2,1-5H3/t25-,26+,27-,28-,30+,32-,33+,36-/m0/s1. The van der Waals surface area contributed by atoms with Gasteiger partial charge in [-0.15, -0.1) is 0 Å². The van der Waals surface area contributed by atoms with Gasteiger partial charge in [-0.2, -0.15) is 0 Å². The zero-order chi connectivity index (χ0) is 34.1. The molecule has 2 aromatic rings. The van der Waals surface area contributed by atoms with Gasteiger partial charge in [0.15, 0.2) is 0 Å². The predicted molar refractivity (Wildman–Crippen MR) is 184 cm³/mol. The molecule has 0 unspecified atom stereocenters. The number of hydrogen-bond acceptors (Lipinski definition) is 9. The van der Waals surface area contributed by atoms with Gasteiger partial charge in [0.25, 0.3) is 0 Å². The number of benzene rings is 2. The van der Waals surface area contributed by atoms with Gasteiger partial charge in [-0.3, -0.25) is 0 Å². The van der Waals surface area contributed by atoms with Crippen molar-refractivity contribution in [3.63, 3.8) is 0 Å². The number of para-hydroxylation sites is 1. The smallest absolute Gasteiger partial charge is 0.0695 e. The van der Waals surface area contributed by atoms with E-state index in [9.17, 15) is 14.9 Å². The number of esters is 1. The minimum absolute atomic E-state index is 0.00418. The number of hydrogen-bond donors (Lipinski definition) is 0. The first-order valence-corrected chi connectivity index (χ1v) is 22.9. The van der Waals surface area contributed by atoms with Gasteiger partial charge in [0.2, 0.25) is 0 Å². The summed E-state index contributed by atoms with van der Waals surface area (Å²) in [6.45, 7) is 13.2. The third-order valence-corrected chi connectivity index (χ3v) is 14.4. The number of rotatable bonds is 16. The molecule has 7 rings (SSSR count). The molecule has 12 heteroatoms. The van der Waals surface area contributed by atoms with Crippen molar-refractivity contribution in [1.29, 1.82) is 0 Å². The molecule has 2 heterocycles. The van der Waals surface area contributed by atoms with Gasteiger partial charge in [-0.05, 0) is 6.04 Å². The molecular formula is C36H49NO9SeSi. The van der Waals surface area contributed by atoms with E-state index in [2.05, 4.69) is 31.8 Å². The van der Waals surface area contributed by atoms with Crippen molar-refractivity contribution >= 4 is 39.1 Å².